The topological polar surface area (TPSA) is 48.1 Å². The van der Waals surface area contributed by atoms with E-state index in [-0.39, 0.29) is 0 Å². The average molecular weight is 196 g/mol. The minimum Gasteiger partial charge on any atom is -0.402 e. The van der Waals surface area contributed by atoms with Crippen LogP contribution in [0.3, 0.4) is 0 Å². The summed E-state index contributed by atoms with van der Waals surface area (Å²) in [6, 6.07) is 0. The van der Waals surface area contributed by atoms with Crippen molar-refractivity contribution in [3.8, 4) is 5.75 Å². The molecule has 0 saturated heterocycles. The summed E-state index contributed by atoms with van der Waals surface area (Å²) in [6.07, 6.45) is -3.52. The second-order valence-electron chi connectivity index (χ2n) is 2.08. The number of rotatable bonds is 1. The second-order valence-corrected chi connectivity index (χ2v) is 2.08. The van der Waals surface area contributed by atoms with Crippen LogP contribution in [0.4, 0.5) is 23.2 Å². The highest BCUT2D eigenvalue weighted by Crippen LogP contribution is 2.28. The van der Waals surface area contributed by atoms with Gasteiger partial charge in [-0.25, -0.2) is 4.39 Å². The molecule has 2 N–H and O–H groups in total. The lowest BCUT2D eigenvalue weighted by atomic mass is 10.4. The highest BCUT2D eigenvalue weighted by atomic mass is 19.4. The van der Waals surface area contributed by atoms with Crippen molar-refractivity contribution < 1.29 is 22.3 Å². The van der Waals surface area contributed by atoms with Gasteiger partial charge >= 0.3 is 6.36 Å². The van der Waals surface area contributed by atoms with Crippen molar-refractivity contribution in [2.45, 2.75) is 6.36 Å². The summed E-state index contributed by atoms with van der Waals surface area (Å²) in [6.45, 7) is 0. The summed E-state index contributed by atoms with van der Waals surface area (Å²) in [4.78, 5) is 3.15. The van der Waals surface area contributed by atoms with Crippen LogP contribution in [-0.2, 0) is 0 Å². The van der Waals surface area contributed by atoms with Crippen LogP contribution < -0.4 is 10.5 Å². The number of pyridine rings is 1. The van der Waals surface area contributed by atoms with Crippen molar-refractivity contribution in [2.75, 3.05) is 5.73 Å². The van der Waals surface area contributed by atoms with Crippen molar-refractivity contribution >= 4 is 5.69 Å². The van der Waals surface area contributed by atoms with Crippen LogP contribution in [0, 0.1) is 5.82 Å². The molecule has 13 heavy (non-hydrogen) atoms. The number of halogens is 4. The van der Waals surface area contributed by atoms with Gasteiger partial charge in [0.2, 0.25) is 0 Å². The van der Waals surface area contributed by atoms with Crippen molar-refractivity contribution in [3.05, 3.63) is 18.2 Å². The first-order valence-electron chi connectivity index (χ1n) is 3.05. The molecule has 0 aromatic carbocycles. The quantitative estimate of drug-likeness (QED) is 0.695. The van der Waals surface area contributed by atoms with Gasteiger partial charge in [0, 0.05) is 0 Å². The van der Waals surface area contributed by atoms with Crippen molar-refractivity contribution in [1.29, 1.82) is 0 Å². The third-order valence-electron chi connectivity index (χ3n) is 1.13. The average Bonchev–Trinajstić information content (AvgIpc) is 1.96. The maximum absolute atomic E-state index is 12.5. The molecule has 1 aromatic heterocycles. The standard InChI is InChI=1S/C6H4F4N2O/c7-3-1-12-2-4(5(3)11)13-6(8,9)10/h1-2H,(H2,11,12). The fourth-order valence-electron chi connectivity index (χ4n) is 0.633. The first kappa shape index (κ1) is 9.56. The summed E-state index contributed by atoms with van der Waals surface area (Å²) in [5.41, 5.74) is 4.23. The molecule has 0 aliphatic carbocycles. The number of nitrogens with two attached hydrogens (primary N) is 1. The Bertz CT molecular complexity index is 312. The van der Waals surface area contributed by atoms with Crippen LogP contribution >= 0.6 is 0 Å². The zero-order chi connectivity index (χ0) is 10.1. The fourth-order valence-corrected chi connectivity index (χ4v) is 0.633. The predicted molar refractivity (Wildman–Crippen MR) is 35.3 cm³/mol. The Balaban J connectivity index is 2.96. The molecule has 1 aromatic rings. The van der Waals surface area contributed by atoms with E-state index in [1.54, 1.807) is 0 Å². The van der Waals surface area contributed by atoms with Gasteiger partial charge < -0.3 is 10.5 Å². The normalized spacial score (nSPS) is 11.4. The molecule has 7 heteroatoms. The molecule has 0 radical (unpaired) electrons. The van der Waals surface area contributed by atoms with E-state index in [4.69, 9.17) is 5.73 Å². The van der Waals surface area contributed by atoms with Gasteiger partial charge in [-0.2, -0.15) is 0 Å². The molecule has 0 bridgehead atoms. The Hall–Kier alpha value is -1.53. The number of hydrogen-bond acceptors (Lipinski definition) is 3. The molecule has 3 nitrogen and oxygen atoms in total. The van der Waals surface area contributed by atoms with E-state index in [0.29, 0.717) is 12.4 Å². The van der Waals surface area contributed by atoms with Crippen LogP contribution in [-0.4, -0.2) is 11.3 Å². The van der Waals surface area contributed by atoms with Gasteiger partial charge in [0.15, 0.2) is 11.6 Å². The smallest absolute Gasteiger partial charge is 0.402 e. The van der Waals surface area contributed by atoms with Gasteiger partial charge in [0.1, 0.15) is 5.69 Å². The SMILES string of the molecule is Nc1c(F)cncc1OC(F)(F)F. The number of hydrogen-bond donors (Lipinski definition) is 1. The summed E-state index contributed by atoms with van der Waals surface area (Å²) >= 11 is 0. The minimum atomic E-state index is -4.90. The zero-order valence-electron chi connectivity index (χ0n) is 6.10. The molecule has 0 aliphatic heterocycles. The number of aromatic nitrogens is 1. The first-order valence-corrected chi connectivity index (χ1v) is 3.05. The Kier molecular flexibility index (Phi) is 2.26. The van der Waals surface area contributed by atoms with E-state index >= 15 is 0 Å². The number of anilines is 1. The Morgan fingerprint density at radius 3 is 2.46 bits per heavy atom. The lowest BCUT2D eigenvalue weighted by Gasteiger charge is -2.10. The molecule has 0 fully saturated rings. The van der Waals surface area contributed by atoms with E-state index in [2.05, 4.69) is 9.72 Å². The van der Waals surface area contributed by atoms with Crippen molar-refractivity contribution in [3.63, 3.8) is 0 Å². The summed E-state index contributed by atoms with van der Waals surface area (Å²) < 4.78 is 50.8. The lowest BCUT2D eigenvalue weighted by Crippen LogP contribution is -2.18. The van der Waals surface area contributed by atoms with Crippen LogP contribution in [0.2, 0.25) is 0 Å². The molecule has 0 amide bonds. The first-order chi connectivity index (χ1) is 5.90. The molecule has 0 spiro atoms. The summed E-state index contributed by atoms with van der Waals surface area (Å²) in [5.74, 6) is -1.89. The van der Waals surface area contributed by atoms with Gasteiger partial charge in [-0.1, -0.05) is 0 Å². The molecule has 1 heterocycles. The molecule has 0 aliphatic rings. The third kappa shape index (κ3) is 2.46. The maximum atomic E-state index is 12.5. The molecular formula is C6H4F4N2O. The van der Waals surface area contributed by atoms with Crippen LogP contribution in [0.15, 0.2) is 12.4 Å². The summed E-state index contributed by atoms with van der Waals surface area (Å²) in [7, 11) is 0. The molecule has 0 saturated carbocycles. The van der Waals surface area contributed by atoms with Crippen LogP contribution in [0.25, 0.3) is 0 Å². The molecule has 72 valence electrons. The summed E-state index contributed by atoms with van der Waals surface area (Å²) in [5, 5.41) is 0. The third-order valence-corrected chi connectivity index (χ3v) is 1.13. The van der Waals surface area contributed by atoms with E-state index < -0.39 is 23.6 Å². The predicted octanol–water partition coefficient (Wildman–Crippen LogP) is 1.70. The second kappa shape index (κ2) is 3.08. The highest BCUT2D eigenvalue weighted by Gasteiger charge is 2.32. The number of alkyl halides is 3. The number of nitrogen functional groups attached to an aromatic ring is 1. The number of ether oxygens (including phenoxy) is 1. The monoisotopic (exact) mass is 196 g/mol. The van der Waals surface area contributed by atoms with Crippen molar-refractivity contribution in [1.82, 2.24) is 4.98 Å². The molecule has 0 unspecified atom stereocenters. The Morgan fingerprint density at radius 2 is 1.92 bits per heavy atom. The lowest BCUT2D eigenvalue weighted by molar-refractivity contribution is -0.274. The van der Waals surface area contributed by atoms with Gasteiger partial charge in [-0.15, -0.1) is 13.2 Å². The van der Waals surface area contributed by atoms with E-state index in [9.17, 15) is 17.6 Å². The Morgan fingerprint density at radius 1 is 1.31 bits per heavy atom. The molecular weight excluding hydrogens is 192 g/mol. The minimum absolute atomic E-state index is 0.686. The maximum Gasteiger partial charge on any atom is 0.573 e. The van der Waals surface area contributed by atoms with Crippen LogP contribution in [0.5, 0.6) is 5.75 Å². The van der Waals surface area contributed by atoms with Crippen molar-refractivity contribution in [2.24, 2.45) is 0 Å². The fraction of sp³-hybridized carbons (Fsp3) is 0.167. The molecule has 1 rings (SSSR count). The highest BCUT2D eigenvalue weighted by molar-refractivity contribution is 5.51. The van der Waals surface area contributed by atoms with Gasteiger partial charge in [0.25, 0.3) is 0 Å². The number of nitrogens with zero attached hydrogens (tertiary/aromatic N) is 1. The zero-order valence-corrected chi connectivity index (χ0v) is 6.10. The van der Waals surface area contributed by atoms with Gasteiger partial charge in [0.05, 0.1) is 12.4 Å². The van der Waals surface area contributed by atoms with Gasteiger partial charge in [-0.05, 0) is 0 Å². The largest absolute Gasteiger partial charge is 0.573 e. The van der Waals surface area contributed by atoms with E-state index in [0.717, 1.165) is 0 Å². The molecule has 0 atom stereocenters. The van der Waals surface area contributed by atoms with Crippen LogP contribution in [0.1, 0.15) is 0 Å². The van der Waals surface area contributed by atoms with E-state index in [1.807, 2.05) is 0 Å². The Labute approximate surface area is 70.1 Å². The van der Waals surface area contributed by atoms with Gasteiger partial charge in [-0.3, -0.25) is 4.98 Å². The van der Waals surface area contributed by atoms with E-state index in [1.165, 1.54) is 0 Å².